The molecule has 0 spiro atoms. The van der Waals surface area contributed by atoms with Crippen LogP contribution in [0.1, 0.15) is 0 Å². The summed E-state index contributed by atoms with van der Waals surface area (Å²) in [6.45, 7) is 0. The Morgan fingerprint density at radius 1 is 1.75 bits per heavy atom. The Morgan fingerprint density at radius 2 is 2.38 bits per heavy atom. The molecule has 1 fully saturated rings. The van der Waals surface area contributed by atoms with Gasteiger partial charge in [-0.1, -0.05) is 4.94 Å². The quantitative estimate of drug-likeness (QED) is 0.135. The molecule has 1 heterocycles. The zero-order valence-electron chi connectivity index (χ0n) is 4.03. The van der Waals surface area contributed by atoms with Crippen LogP contribution in [0, 0.1) is 5.41 Å². The fourth-order valence-corrected chi connectivity index (χ4v) is 0.304. The maximum Gasteiger partial charge on any atom is 0.174 e. The summed E-state index contributed by atoms with van der Waals surface area (Å²) in [5.41, 5.74) is 2.15. The largest absolute Gasteiger partial charge is 0.284 e. The van der Waals surface area contributed by atoms with Crippen molar-refractivity contribution in [3.63, 3.8) is 0 Å². The average molecular weight is 119 g/mol. The first-order valence-electron chi connectivity index (χ1n) is 1.87. The Kier molecular flexibility index (Phi) is 0.927. The zero-order valence-corrected chi connectivity index (χ0v) is 4.03. The molecule has 1 rings (SSSR count). The Morgan fingerprint density at radius 3 is 2.38 bits per heavy atom. The van der Waals surface area contributed by atoms with Crippen molar-refractivity contribution in [3.8, 4) is 0 Å². The van der Waals surface area contributed by atoms with Gasteiger partial charge >= 0.3 is 0 Å². The second kappa shape index (κ2) is 1.37. The predicted octanol–water partition coefficient (Wildman–Crippen LogP) is -2.26. The molecule has 0 radical (unpaired) electrons. The molecule has 7 nitrogen and oxygen atoms in total. The Bertz CT molecular complexity index is 109. The van der Waals surface area contributed by atoms with Gasteiger partial charge in [0.05, 0.1) is 5.59 Å². The van der Waals surface area contributed by atoms with Crippen molar-refractivity contribution in [3.05, 3.63) is 0 Å². The monoisotopic (exact) mass is 119 g/mol. The van der Waals surface area contributed by atoms with E-state index in [1.807, 2.05) is 0 Å². The van der Waals surface area contributed by atoms with E-state index in [4.69, 9.17) is 17.1 Å². The maximum atomic E-state index is 6.58. The molecular formula is CH7N6O+. The molecule has 1 aliphatic heterocycles. The smallest absolute Gasteiger partial charge is 0.174 e. The van der Waals surface area contributed by atoms with Crippen molar-refractivity contribution in [1.29, 1.82) is 5.41 Å². The minimum Gasteiger partial charge on any atom is -0.284 e. The lowest BCUT2D eigenvalue weighted by atomic mass is 11.3. The normalized spacial score (nSPS) is 24.5. The highest BCUT2D eigenvalue weighted by atomic mass is 17.0. The molecule has 8 heavy (non-hydrogen) atoms. The molecule has 0 atom stereocenters. The van der Waals surface area contributed by atoms with Crippen molar-refractivity contribution in [2.45, 2.75) is 0 Å². The topological polar surface area (TPSA) is 100 Å². The fourth-order valence-electron chi connectivity index (χ4n) is 0.304. The van der Waals surface area contributed by atoms with E-state index in [9.17, 15) is 0 Å². The summed E-state index contributed by atoms with van der Waals surface area (Å²) in [6, 6.07) is 0. The summed E-state index contributed by atoms with van der Waals surface area (Å²) < 4.78 is 0. The Labute approximate surface area is 45.3 Å². The van der Waals surface area contributed by atoms with Crippen LogP contribution in [0.15, 0.2) is 0 Å². The van der Waals surface area contributed by atoms with Gasteiger partial charge in [-0.25, -0.2) is 0 Å². The van der Waals surface area contributed by atoms with Crippen LogP contribution in [-0.4, -0.2) is 16.4 Å². The van der Waals surface area contributed by atoms with Crippen LogP contribution in [0.3, 0.4) is 0 Å². The first kappa shape index (κ1) is 5.41. The number of nitrogens with one attached hydrogen (secondary N) is 2. The summed E-state index contributed by atoms with van der Waals surface area (Å²) in [5, 5.41) is 7.49. The van der Waals surface area contributed by atoms with Gasteiger partial charge in [0.15, 0.2) is 6.34 Å². The van der Waals surface area contributed by atoms with Gasteiger partial charge in [0.25, 0.3) is 0 Å². The summed E-state index contributed by atoms with van der Waals surface area (Å²) in [4.78, 5) is 3.74. The van der Waals surface area contributed by atoms with Crippen molar-refractivity contribution in [2.75, 3.05) is 0 Å². The number of hydrogen-bond acceptors (Lipinski definition) is 5. The van der Waals surface area contributed by atoms with E-state index >= 15 is 0 Å². The van der Waals surface area contributed by atoms with Gasteiger partial charge in [-0.05, 0) is 0 Å². The van der Waals surface area contributed by atoms with E-state index in [-0.39, 0.29) is 0 Å². The van der Waals surface area contributed by atoms with Crippen LogP contribution in [0.5, 0.6) is 0 Å². The molecule has 0 aliphatic carbocycles. The third-order valence-electron chi connectivity index (χ3n) is 0.717. The number of nitrogens with zero attached hydrogens (tertiary/aromatic N) is 2. The van der Waals surface area contributed by atoms with Crippen molar-refractivity contribution >= 4 is 6.34 Å². The lowest BCUT2D eigenvalue weighted by Gasteiger charge is -2.38. The first-order chi connectivity index (χ1) is 3.67. The van der Waals surface area contributed by atoms with E-state index in [2.05, 4.69) is 10.5 Å². The molecule has 0 unspecified atom stereocenters. The van der Waals surface area contributed by atoms with E-state index in [1.165, 1.54) is 0 Å². The highest BCUT2D eigenvalue weighted by molar-refractivity contribution is 5.46. The highest BCUT2D eigenvalue weighted by Gasteiger charge is 2.40. The lowest BCUT2D eigenvalue weighted by Crippen LogP contribution is -2.85. The summed E-state index contributed by atoms with van der Waals surface area (Å²) in [7, 11) is 0. The van der Waals surface area contributed by atoms with Gasteiger partial charge < -0.3 is 0 Å². The maximum absolute atomic E-state index is 6.58. The molecule has 7 heteroatoms. The summed E-state index contributed by atoms with van der Waals surface area (Å²) in [6.07, 6.45) is 0.858. The Hall–Kier alpha value is -0.730. The van der Waals surface area contributed by atoms with Gasteiger partial charge in [-0.15, -0.1) is 11.7 Å². The fraction of sp³-hybridized carbons (Fsp3) is 0. The van der Waals surface area contributed by atoms with Gasteiger partial charge in [0.1, 0.15) is 0 Å². The number of rotatable bonds is 1. The van der Waals surface area contributed by atoms with Gasteiger partial charge in [0, 0.05) is 10.1 Å². The molecule has 0 bridgehead atoms. The minimum atomic E-state index is -0.622. The Balaban J connectivity index is 2.49. The standard InChI is InChI=1S/CH7N6O/c2-1-6-7(3,4)5-8-6/h1-2,5H,3-4H2/q+1. The summed E-state index contributed by atoms with van der Waals surface area (Å²) in [5.74, 6) is 10.3. The molecule has 0 aromatic carbocycles. The van der Waals surface area contributed by atoms with Crippen LogP contribution in [0.2, 0.25) is 0 Å². The van der Waals surface area contributed by atoms with Crippen molar-refractivity contribution < 1.29 is 9.86 Å². The molecule has 1 saturated heterocycles. The molecule has 46 valence electrons. The molecule has 0 amide bonds. The minimum absolute atomic E-state index is 0.622. The second-order valence-corrected chi connectivity index (χ2v) is 1.35. The van der Waals surface area contributed by atoms with E-state index in [1.54, 1.807) is 0 Å². The number of nitrogens with two attached hydrogens (primary N) is 2. The molecular weight excluding hydrogens is 112 g/mol. The van der Waals surface area contributed by atoms with Crippen LogP contribution >= 0.6 is 0 Å². The number of quaternary nitrogens is 1. The van der Waals surface area contributed by atoms with Gasteiger partial charge in [-0.2, -0.15) is 0 Å². The molecule has 0 saturated carbocycles. The van der Waals surface area contributed by atoms with E-state index in [0.29, 0.717) is 0 Å². The van der Waals surface area contributed by atoms with Crippen LogP contribution in [0.4, 0.5) is 0 Å². The molecule has 6 N–H and O–H groups in total. The van der Waals surface area contributed by atoms with E-state index < -0.39 is 4.92 Å². The average Bonchev–Trinajstić information content (AvgIpc) is 1.66. The van der Waals surface area contributed by atoms with Crippen LogP contribution in [0.25, 0.3) is 0 Å². The van der Waals surface area contributed by atoms with Crippen LogP contribution in [-0.2, 0) is 4.94 Å². The SMILES string of the molecule is N=CN1ON[N+]1(N)N. The highest BCUT2D eigenvalue weighted by Crippen LogP contribution is 2.00. The van der Waals surface area contributed by atoms with Crippen molar-refractivity contribution in [2.24, 2.45) is 11.7 Å². The molecule has 0 aromatic rings. The van der Waals surface area contributed by atoms with Gasteiger partial charge in [-0.3, -0.25) is 5.41 Å². The first-order valence-corrected chi connectivity index (χ1v) is 1.87. The summed E-state index contributed by atoms with van der Waals surface area (Å²) >= 11 is 0. The third kappa shape index (κ3) is 0.546. The van der Waals surface area contributed by atoms with E-state index in [0.717, 1.165) is 11.5 Å². The zero-order chi connectivity index (χ0) is 6.20. The predicted molar refractivity (Wildman–Crippen MR) is 23.5 cm³/mol. The molecule has 0 aromatic heterocycles. The van der Waals surface area contributed by atoms with Gasteiger partial charge in [0.2, 0.25) is 0 Å². The number of hydroxylamine groups is 1. The number of hydrogen-bond donors (Lipinski definition) is 4. The van der Waals surface area contributed by atoms with Crippen LogP contribution < -0.4 is 17.3 Å². The van der Waals surface area contributed by atoms with Crippen molar-refractivity contribution in [1.82, 2.24) is 10.8 Å². The molecule has 1 aliphatic rings. The third-order valence-corrected chi connectivity index (χ3v) is 0.717. The lowest BCUT2D eigenvalue weighted by molar-refractivity contribution is -1.21. The second-order valence-electron chi connectivity index (χ2n) is 1.35.